The van der Waals surface area contributed by atoms with Crippen LogP contribution in [0.2, 0.25) is 0 Å². The van der Waals surface area contributed by atoms with E-state index in [9.17, 15) is 9.18 Å². The van der Waals surface area contributed by atoms with Crippen LogP contribution in [0, 0.1) is 11.7 Å². The lowest BCUT2D eigenvalue weighted by Crippen LogP contribution is -2.37. The fourth-order valence-electron chi connectivity index (χ4n) is 2.23. The number of hydrogen-bond acceptors (Lipinski definition) is 2. The molecular formula is C16H22FNO. The molecule has 0 radical (unpaired) electrons. The monoisotopic (exact) mass is 263 g/mol. The predicted octanol–water partition coefficient (Wildman–Crippen LogP) is 3.06. The molecule has 1 aliphatic rings. The average Bonchev–Trinajstić information content (AvgIpc) is 3.15. The highest BCUT2D eigenvalue weighted by atomic mass is 19.1. The van der Waals surface area contributed by atoms with E-state index in [4.69, 9.17) is 0 Å². The summed E-state index contributed by atoms with van der Waals surface area (Å²) in [6.07, 6.45) is 2.76. The van der Waals surface area contributed by atoms with Crippen LogP contribution in [0.5, 0.6) is 0 Å². The number of nitrogens with zero attached hydrogens (tertiary/aromatic N) is 1. The van der Waals surface area contributed by atoms with E-state index in [0.29, 0.717) is 18.2 Å². The zero-order chi connectivity index (χ0) is 13.8. The zero-order valence-electron chi connectivity index (χ0n) is 11.7. The number of rotatable bonds is 7. The molecule has 104 valence electrons. The molecule has 0 heterocycles. The molecule has 1 saturated carbocycles. The van der Waals surface area contributed by atoms with Gasteiger partial charge in [-0.15, -0.1) is 0 Å². The predicted molar refractivity (Wildman–Crippen MR) is 74.5 cm³/mol. The van der Waals surface area contributed by atoms with Crippen molar-refractivity contribution < 1.29 is 9.18 Å². The quantitative estimate of drug-likeness (QED) is 0.753. The van der Waals surface area contributed by atoms with E-state index in [0.717, 1.165) is 12.5 Å². The van der Waals surface area contributed by atoms with Crippen LogP contribution in [0.4, 0.5) is 4.39 Å². The molecule has 2 rings (SSSR count). The van der Waals surface area contributed by atoms with Crippen LogP contribution in [-0.4, -0.2) is 29.8 Å². The summed E-state index contributed by atoms with van der Waals surface area (Å²) in [5.74, 6) is 0.581. The molecule has 1 fully saturated rings. The van der Waals surface area contributed by atoms with Crippen LogP contribution < -0.4 is 0 Å². The average molecular weight is 263 g/mol. The molecule has 0 aromatic heterocycles. The lowest BCUT2D eigenvalue weighted by Gasteiger charge is -2.25. The Morgan fingerprint density at radius 2 is 2.05 bits per heavy atom. The standard InChI is InChI=1S/C16H22FNO/c1-12(2)18(10-13-7-8-13)11-15(19)9-14-5-3-4-6-16(14)17/h3-6,12-13H,7-11H2,1-2H3. The number of hydrogen-bond donors (Lipinski definition) is 0. The van der Waals surface area contributed by atoms with Crippen LogP contribution >= 0.6 is 0 Å². The van der Waals surface area contributed by atoms with Crippen molar-refractivity contribution in [1.82, 2.24) is 4.90 Å². The van der Waals surface area contributed by atoms with Gasteiger partial charge in [-0.3, -0.25) is 9.69 Å². The Hall–Kier alpha value is -1.22. The molecule has 1 aromatic carbocycles. The van der Waals surface area contributed by atoms with E-state index in [1.807, 2.05) is 0 Å². The van der Waals surface area contributed by atoms with Gasteiger partial charge in [0.15, 0.2) is 5.78 Å². The topological polar surface area (TPSA) is 20.3 Å². The molecule has 0 aliphatic heterocycles. The summed E-state index contributed by atoms with van der Waals surface area (Å²) < 4.78 is 13.5. The first-order chi connectivity index (χ1) is 9.06. The Kier molecular flexibility index (Phi) is 4.70. The third-order valence-corrected chi connectivity index (χ3v) is 3.64. The van der Waals surface area contributed by atoms with Gasteiger partial charge in [0.1, 0.15) is 5.82 Å². The van der Waals surface area contributed by atoms with Gasteiger partial charge in [-0.05, 0) is 44.2 Å². The van der Waals surface area contributed by atoms with E-state index < -0.39 is 0 Å². The minimum Gasteiger partial charge on any atom is -0.298 e. The molecular weight excluding hydrogens is 241 g/mol. The molecule has 0 bridgehead atoms. The van der Waals surface area contributed by atoms with Crippen molar-refractivity contribution in [2.45, 2.75) is 39.2 Å². The first kappa shape index (κ1) is 14.2. The molecule has 1 aliphatic carbocycles. The Balaban J connectivity index is 1.90. The second kappa shape index (κ2) is 6.29. The van der Waals surface area contributed by atoms with Gasteiger partial charge in [0.05, 0.1) is 6.54 Å². The van der Waals surface area contributed by atoms with Gasteiger partial charge in [0.25, 0.3) is 0 Å². The van der Waals surface area contributed by atoms with Crippen LogP contribution in [0.3, 0.4) is 0 Å². The smallest absolute Gasteiger partial charge is 0.151 e. The summed E-state index contributed by atoms with van der Waals surface area (Å²) in [6.45, 7) is 5.65. The summed E-state index contributed by atoms with van der Waals surface area (Å²) in [5.41, 5.74) is 0.502. The Morgan fingerprint density at radius 1 is 1.37 bits per heavy atom. The number of benzene rings is 1. The minimum atomic E-state index is -0.283. The molecule has 1 aromatic rings. The molecule has 0 unspecified atom stereocenters. The number of carbonyl (C=O) groups excluding carboxylic acids is 1. The van der Waals surface area contributed by atoms with E-state index >= 15 is 0 Å². The van der Waals surface area contributed by atoms with E-state index in [1.165, 1.54) is 18.9 Å². The largest absolute Gasteiger partial charge is 0.298 e. The lowest BCUT2D eigenvalue weighted by molar-refractivity contribution is -0.120. The third kappa shape index (κ3) is 4.43. The van der Waals surface area contributed by atoms with Crippen molar-refractivity contribution in [3.63, 3.8) is 0 Å². The number of halogens is 1. The van der Waals surface area contributed by atoms with Crippen molar-refractivity contribution in [3.05, 3.63) is 35.6 Å². The highest BCUT2D eigenvalue weighted by molar-refractivity contribution is 5.82. The number of ketones is 1. The fourth-order valence-corrected chi connectivity index (χ4v) is 2.23. The number of carbonyl (C=O) groups is 1. The summed E-state index contributed by atoms with van der Waals surface area (Å²) in [5, 5.41) is 0. The fraction of sp³-hybridized carbons (Fsp3) is 0.562. The summed E-state index contributed by atoms with van der Waals surface area (Å²) >= 11 is 0. The minimum absolute atomic E-state index is 0.0967. The van der Waals surface area contributed by atoms with Crippen molar-refractivity contribution in [3.8, 4) is 0 Å². The highest BCUT2D eigenvalue weighted by Crippen LogP contribution is 2.30. The zero-order valence-corrected chi connectivity index (χ0v) is 11.7. The maximum Gasteiger partial charge on any atom is 0.151 e. The molecule has 0 atom stereocenters. The summed E-state index contributed by atoms with van der Waals surface area (Å²) in [7, 11) is 0. The molecule has 0 saturated heterocycles. The van der Waals surface area contributed by atoms with Gasteiger partial charge < -0.3 is 0 Å². The van der Waals surface area contributed by atoms with Gasteiger partial charge in [0, 0.05) is 19.0 Å². The first-order valence-corrected chi connectivity index (χ1v) is 7.05. The van der Waals surface area contributed by atoms with E-state index in [1.54, 1.807) is 18.2 Å². The SMILES string of the molecule is CC(C)N(CC(=O)Cc1ccccc1F)CC1CC1. The van der Waals surface area contributed by atoms with Crippen molar-refractivity contribution >= 4 is 5.78 Å². The maximum atomic E-state index is 13.5. The molecule has 0 amide bonds. The van der Waals surface area contributed by atoms with Gasteiger partial charge in [-0.1, -0.05) is 18.2 Å². The second-order valence-electron chi connectivity index (χ2n) is 5.77. The molecule has 3 heteroatoms. The normalized spacial score (nSPS) is 15.2. The van der Waals surface area contributed by atoms with Crippen molar-refractivity contribution in [2.24, 2.45) is 5.92 Å². The lowest BCUT2D eigenvalue weighted by atomic mass is 10.1. The Labute approximate surface area is 114 Å². The van der Waals surface area contributed by atoms with Gasteiger partial charge >= 0.3 is 0 Å². The van der Waals surface area contributed by atoms with Gasteiger partial charge in [0.2, 0.25) is 0 Å². The third-order valence-electron chi connectivity index (χ3n) is 3.64. The Bertz CT molecular complexity index is 440. The van der Waals surface area contributed by atoms with Crippen molar-refractivity contribution in [1.29, 1.82) is 0 Å². The summed E-state index contributed by atoms with van der Waals surface area (Å²) in [4.78, 5) is 14.3. The molecule has 0 N–H and O–H groups in total. The van der Waals surface area contributed by atoms with E-state index in [2.05, 4.69) is 18.7 Å². The van der Waals surface area contributed by atoms with Crippen LogP contribution in [0.15, 0.2) is 24.3 Å². The summed E-state index contributed by atoms with van der Waals surface area (Å²) in [6, 6.07) is 6.89. The highest BCUT2D eigenvalue weighted by Gasteiger charge is 2.26. The van der Waals surface area contributed by atoms with Gasteiger partial charge in [-0.25, -0.2) is 4.39 Å². The van der Waals surface area contributed by atoms with Crippen LogP contribution in [0.25, 0.3) is 0 Å². The maximum absolute atomic E-state index is 13.5. The molecule has 2 nitrogen and oxygen atoms in total. The van der Waals surface area contributed by atoms with Gasteiger partial charge in [-0.2, -0.15) is 0 Å². The van der Waals surface area contributed by atoms with Crippen molar-refractivity contribution in [2.75, 3.05) is 13.1 Å². The molecule has 0 spiro atoms. The first-order valence-electron chi connectivity index (χ1n) is 7.05. The van der Waals surface area contributed by atoms with E-state index in [-0.39, 0.29) is 18.0 Å². The molecule has 19 heavy (non-hydrogen) atoms. The van der Waals surface area contributed by atoms with Crippen LogP contribution in [-0.2, 0) is 11.2 Å². The Morgan fingerprint density at radius 3 is 2.63 bits per heavy atom. The van der Waals surface area contributed by atoms with Crippen LogP contribution in [0.1, 0.15) is 32.3 Å². The number of Topliss-reactive ketones (excluding diaryl/α,β-unsaturated/α-hetero) is 1. The second-order valence-corrected chi connectivity index (χ2v) is 5.77.